The van der Waals surface area contributed by atoms with Crippen LogP contribution in [0.25, 0.3) is 0 Å². The van der Waals surface area contributed by atoms with Crippen molar-refractivity contribution >= 4 is 22.9 Å². The van der Waals surface area contributed by atoms with E-state index < -0.39 is 0 Å². The third-order valence-corrected chi connectivity index (χ3v) is 3.32. The number of thiocarbonyl (C=S) groups is 1. The average molecular weight is 267 g/mol. The summed E-state index contributed by atoms with van der Waals surface area (Å²) in [6.07, 6.45) is 5.45. The number of aromatic nitrogens is 1. The standard InChI is InChI=1S/C13H21N3OS/c1-3-10(4-2)16(7-8-17)12-9-15-6-5-11(12)13(14)18/h5-6,9-10,17H,3-4,7-8H2,1-2H3,(H2,14,18). The Bertz CT molecular complexity index is 394. The predicted molar refractivity (Wildman–Crippen MR) is 78.9 cm³/mol. The zero-order chi connectivity index (χ0) is 13.5. The first-order chi connectivity index (χ1) is 8.65. The van der Waals surface area contributed by atoms with Crippen molar-refractivity contribution in [2.24, 2.45) is 5.73 Å². The average Bonchev–Trinajstić information content (AvgIpc) is 2.39. The van der Waals surface area contributed by atoms with Crippen LogP contribution in [0.2, 0.25) is 0 Å². The van der Waals surface area contributed by atoms with Gasteiger partial charge in [-0.25, -0.2) is 0 Å². The molecule has 1 aromatic heterocycles. The first-order valence-corrected chi connectivity index (χ1v) is 6.67. The molecule has 0 amide bonds. The van der Waals surface area contributed by atoms with E-state index in [0.29, 0.717) is 17.6 Å². The number of hydrogen-bond acceptors (Lipinski definition) is 4. The largest absolute Gasteiger partial charge is 0.395 e. The van der Waals surface area contributed by atoms with Crippen LogP contribution >= 0.6 is 12.2 Å². The van der Waals surface area contributed by atoms with Gasteiger partial charge in [0.05, 0.1) is 18.5 Å². The van der Waals surface area contributed by atoms with Gasteiger partial charge in [-0.15, -0.1) is 0 Å². The summed E-state index contributed by atoms with van der Waals surface area (Å²) in [5.74, 6) is 0. The molecule has 0 bridgehead atoms. The summed E-state index contributed by atoms with van der Waals surface area (Å²) in [6.45, 7) is 4.93. The van der Waals surface area contributed by atoms with Crippen LogP contribution in [-0.2, 0) is 0 Å². The molecular formula is C13H21N3OS. The van der Waals surface area contributed by atoms with Gasteiger partial charge < -0.3 is 15.7 Å². The first-order valence-electron chi connectivity index (χ1n) is 6.26. The highest BCUT2D eigenvalue weighted by Gasteiger charge is 2.19. The van der Waals surface area contributed by atoms with Crippen molar-refractivity contribution in [3.8, 4) is 0 Å². The van der Waals surface area contributed by atoms with Crippen molar-refractivity contribution in [3.63, 3.8) is 0 Å². The summed E-state index contributed by atoms with van der Waals surface area (Å²) in [7, 11) is 0. The van der Waals surface area contributed by atoms with Gasteiger partial charge in [0.25, 0.3) is 0 Å². The summed E-state index contributed by atoms with van der Waals surface area (Å²) in [6, 6.07) is 2.18. The maximum Gasteiger partial charge on any atom is 0.106 e. The first kappa shape index (κ1) is 14.9. The van der Waals surface area contributed by atoms with Gasteiger partial charge in [-0.3, -0.25) is 4.98 Å². The molecular weight excluding hydrogens is 246 g/mol. The Morgan fingerprint density at radius 2 is 2.17 bits per heavy atom. The molecule has 1 rings (SSSR count). The number of rotatable bonds is 7. The lowest BCUT2D eigenvalue weighted by molar-refractivity contribution is 0.296. The van der Waals surface area contributed by atoms with Crippen LogP contribution in [0.5, 0.6) is 0 Å². The van der Waals surface area contributed by atoms with Crippen molar-refractivity contribution in [2.45, 2.75) is 32.7 Å². The maximum absolute atomic E-state index is 9.24. The Balaban J connectivity index is 3.16. The Hall–Kier alpha value is -1.20. The zero-order valence-corrected chi connectivity index (χ0v) is 11.8. The number of hydrogen-bond donors (Lipinski definition) is 2. The molecule has 18 heavy (non-hydrogen) atoms. The number of anilines is 1. The summed E-state index contributed by atoms with van der Waals surface area (Å²) < 4.78 is 0. The molecule has 0 aliphatic rings. The topological polar surface area (TPSA) is 62.4 Å². The molecule has 0 saturated heterocycles. The van der Waals surface area contributed by atoms with Crippen molar-refractivity contribution in [2.75, 3.05) is 18.1 Å². The molecule has 0 radical (unpaired) electrons. The minimum Gasteiger partial charge on any atom is -0.395 e. The number of aliphatic hydroxyl groups is 1. The van der Waals surface area contributed by atoms with Gasteiger partial charge in [-0.05, 0) is 18.9 Å². The molecule has 0 atom stereocenters. The molecule has 3 N–H and O–H groups in total. The van der Waals surface area contributed by atoms with Crippen LogP contribution in [-0.4, -0.2) is 34.3 Å². The highest BCUT2D eigenvalue weighted by molar-refractivity contribution is 7.80. The SMILES string of the molecule is CCC(CC)N(CCO)c1cnccc1C(N)=S. The highest BCUT2D eigenvalue weighted by atomic mass is 32.1. The fraction of sp³-hybridized carbons (Fsp3) is 0.538. The zero-order valence-electron chi connectivity index (χ0n) is 11.0. The molecule has 1 aromatic rings. The molecule has 0 aromatic carbocycles. The Morgan fingerprint density at radius 3 is 2.67 bits per heavy atom. The number of pyridine rings is 1. The van der Waals surface area contributed by atoms with Gasteiger partial charge in [0.15, 0.2) is 0 Å². The molecule has 0 fully saturated rings. The van der Waals surface area contributed by atoms with Gasteiger partial charge in [-0.1, -0.05) is 26.1 Å². The Kier molecular flexibility index (Phi) is 6.01. The van der Waals surface area contributed by atoms with Crippen LogP contribution < -0.4 is 10.6 Å². The lowest BCUT2D eigenvalue weighted by Crippen LogP contribution is -2.38. The van der Waals surface area contributed by atoms with Crippen LogP contribution in [0.1, 0.15) is 32.3 Å². The van der Waals surface area contributed by atoms with E-state index in [-0.39, 0.29) is 6.61 Å². The van der Waals surface area contributed by atoms with E-state index in [0.717, 1.165) is 24.1 Å². The summed E-state index contributed by atoms with van der Waals surface area (Å²) >= 11 is 5.07. The normalized spacial score (nSPS) is 10.7. The Labute approximate surface area is 114 Å². The van der Waals surface area contributed by atoms with E-state index in [1.807, 2.05) is 6.07 Å². The summed E-state index contributed by atoms with van der Waals surface area (Å²) in [5.41, 5.74) is 7.48. The molecule has 0 aliphatic carbocycles. The van der Waals surface area contributed by atoms with Gasteiger partial charge in [0, 0.05) is 24.3 Å². The molecule has 4 nitrogen and oxygen atoms in total. The van der Waals surface area contributed by atoms with Crippen LogP contribution in [0.3, 0.4) is 0 Å². The lowest BCUT2D eigenvalue weighted by atomic mass is 10.1. The molecule has 100 valence electrons. The molecule has 0 saturated carbocycles. The number of nitrogens with two attached hydrogens (primary N) is 1. The van der Waals surface area contributed by atoms with E-state index in [4.69, 9.17) is 18.0 Å². The fourth-order valence-corrected chi connectivity index (χ4v) is 2.33. The Morgan fingerprint density at radius 1 is 1.50 bits per heavy atom. The minimum absolute atomic E-state index is 0.0994. The van der Waals surface area contributed by atoms with Gasteiger partial charge in [0.2, 0.25) is 0 Å². The van der Waals surface area contributed by atoms with Gasteiger partial charge >= 0.3 is 0 Å². The van der Waals surface area contributed by atoms with Gasteiger partial charge in [0.1, 0.15) is 4.99 Å². The number of aliphatic hydroxyl groups excluding tert-OH is 1. The molecule has 1 heterocycles. The molecule has 5 heteroatoms. The van der Waals surface area contributed by atoms with E-state index in [1.54, 1.807) is 12.4 Å². The van der Waals surface area contributed by atoms with E-state index in [1.165, 1.54) is 0 Å². The lowest BCUT2D eigenvalue weighted by Gasteiger charge is -2.33. The van der Waals surface area contributed by atoms with Crippen LogP contribution in [0.4, 0.5) is 5.69 Å². The van der Waals surface area contributed by atoms with Crippen LogP contribution in [0, 0.1) is 0 Å². The van der Waals surface area contributed by atoms with E-state index in [9.17, 15) is 5.11 Å². The van der Waals surface area contributed by atoms with E-state index in [2.05, 4.69) is 23.7 Å². The monoisotopic (exact) mass is 267 g/mol. The van der Waals surface area contributed by atoms with Crippen molar-refractivity contribution in [1.82, 2.24) is 4.98 Å². The quantitative estimate of drug-likeness (QED) is 0.736. The second kappa shape index (κ2) is 7.28. The molecule has 0 aliphatic heterocycles. The van der Waals surface area contributed by atoms with Gasteiger partial charge in [-0.2, -0.15) is 0 Å². The second-order valence-electron chi connectivity index (χ2n) is 4.14. The van der Waals surface area contributed by atoms with E-state index >= 15 is 0 Å². The predicted octanol–water partition coefficient (Wildman–Crippen LogP) is 1.70. The molecule has 0 spiro atoms. The second-order valence-corrected chi connectivity index (χ2v) is 4.58. The smallest absolute Gasteiger partial charge is 0.106 e. The summed E-state index contributed by atoms with van der Waals surface area (Å²) in [5, 5.41) is 9.24. The van der Waals surface area contributed by atoms with Crippen LogP contribution in [0.15, 0.2) is 18.5 Å². The number of nitrogens with zero attached hydrogens (tertiary/aromatic N) is 2. The minimum atomic E-state index is 0.0994. The maximum atomic E-state index is 9.24. The fourth-order valence-electron chi connectivity index (χ4n) is 2.16. The van der Waals surface area contributed by atoms with Crippen molar-refractivity contribution in [3.05, 3.63) is 24.0 Å². The summed E-state index contributed by atoms with van der Waals surface area (Å²) in [4.78, 5) is 6.65. The third kappa shape index (κ3) is 3.40. The van der Waals surface area contributed by atoms with Crippen molar-refractivity contribution in [1.29, 1.82) is 0 Å². The third-order valence-electron chi connectivity index (χ3n) is 3.10. The van der Waals surface area contributed by atoms with Crippen molar-refractivity contribution < 1.29 is 5.11 Å². The highest BCUT2D eigenvalue weighted by Crippen LogP contribution is 2.23. The molecule has 0 unspecified atom stereocenters.